The van der Waals surface area contributed by atoms with Crippen LogP contribution >= 0.6 is 70.1 Å². The third-order valence-corrected chi connectivity index (χ3v) is 17.0. The Bertz CT molecular complexity index is 2160. The monoisotopic (exact) mass is 1080 g/mol. The molecule has 64 heavy (non-hydrogen) atoms. The Kier molecular flexibility index (Phi) is 19.2. The average Bonchev–Trinajstić information content (AvgIpc) is 3.48. The molecular weight excluding hydrogens is 1040 g/mol. The summed E-state index contributed by atoms with van der Waals surface area (Å²) in [5.41, 5.74) is 2.19. The van der Waals surface area contributed by atoms with Crippen LogP contribution in [0, 0.1) is 0 Å². The predicted molar refractivity (Wildman–Crippen MR) is 216 cm³/mol. The molecule has 4 aliphatic rings. The molecule has 13 N–H and O–H groups in total. The van der Waals surface area contributed by atoms with Crippen molar-refractivity contribution in [1.82, 2.24) is 15.1 Å². The molecule has 2 saturated heterocycles. The van der Waals surface area contributed by atoms with E-state index in [9.17, 15) is 62.0 Å². The summed E-state index contributed by atoms with van der Waals surface area (Å²) in [5, 5.41) is 21.6. The van der Waals surface area contributed by atoms with Gasteiger partial charge in [0.05, 0.1) is 13.2 Å². The molecule has 0 aromatic heterocycles. The number of hydrogen-bond donors (Lipinski definition) is 12. The van der Waals surface area contributed by atoms with Crippen molar-refractivity contribution >= 4 is 81.9 Å². The molecule has 0 spiro atoms. The number of carbonyl (C=O) groups excluding carboxylic acids is 1. The van der Waals surface area contributed by atoms with Crippen LogP contribution in [0.5, 0.6) is 0 Å². The second-order valence-electron chi connectivity index (χ2n) is 13.5. The normalized spacial score (nSPS) is 32.5. The SMILES string of the molecule is C=C1N=C(N)C=CN1[C@@H]1O[C@](CCC)(COP(=O)(O)OP(=O)(O)OP(=O)(O)O)[C@@H](O)[C@H]1Cl.C=C1NC(=O)C=CN1[C@@H]1O[C@](CCC)(COP(=O)(O)OP(=O)(O)OP(=O)(O)O)[C@@H](O)[C@H]1Cl. The van der Waals surface area contributed by atoms with Crippen molar-refractivity contribution in [3.05, 3.63) is 49.4 Å². The third-order valence-electron chi connectivity index (χ3n) is 8.54. The molecule has 1 amide bonds. The number of alkyl halides is 2. The first kappa shape index (κ1) is 57.1. The van der Waals surface area contributed by atoms with Crippen LogP contribution in [-0.2, 0) is 67.9 Å². The second kappa shape index (κ2) is 21.6. The average molecular weight is 1080 g/mol. The molecule has 0 aromatic rings. The zero-order valence-electron chi connectivity index (χ0n) is 32.9. The van der Waals surface area contributed by atoms with Crippen LogP contribution < -0.4 is 11.1 Å². The number of hydrogen-bond acceptors (Lipinski definition) is 21. The number of halogens is 2. The quantitative estimate of drug-likeness (QED) is 0.0606. The van der Waals surface area contributed by atoms with Gasteiger partial charge < -0.3 is 79.7 Å². The van der Waals surface area contributed by atoms with Gasteiger partial charge in [-0.15, -0.1) is 23.2 Å². The van der Waals surface area contributed by atoms with Crippen LogP contribution in [0.25, 0.3) is 0 Å². The van der Waals surface area contributed by atoms with Gasteiger partial charge in [-0.05, 0) is 18.9 Å². The van der Waals surface area contributed by atoms with Crippen molar-refractivity contribution in [2.45, 2.75) is 86.2 Å². The van der Waals surface area contributed by atoms with Gasteiger partial charge >= 0.3 is 46.9 Å². The molecule has 4 unspecified atom stereocenters. The molecule has 12 atom stereocenters. The lowest BCUT2D eigenvalue weighted by Gasteiger charge is -2.35. The molecule has 0 aromatic carbocycles. The molecule has 30 nitrogen and oxygen atoms in total. The number of carbonyl (C=O) groups is 1. The second-order valence-corrected chi connectivity index (χ2v) is 23.3. The molecular formula is C26H45Cl2N5O25P6. The number of amidine groups is 1. The van der Waals surface area contributed by atoms with E-state index in [4.69, 9.17) is 62.5 Å². The minimum absolute atomic E-state index is 0.0278. The van der Waals surface area contributed by atoms with Gasteiger partial charge in [0.1, 0.15) is 51.6 Å². The van der Waals surface area contributed by atoms with E-state index in [1.54, 1.807) is 13.8 Å². The summed E-state index contributed by atoms with van der Waals surface area (Å²) < 4.78 is 104. The standard InChI is InChI=1S/C13H23ClN3O12P3.C13H22ClN2O13P3/c1-3-5-13(7-26-31(22,23)29-32(24,25)28-30(19,20)21)11(18)10(14)12(27-13)17-6-4-9(15)16-8(17)2;1-3-5-13(7-26-31(22,23)29-32(24,25)28-30(19,20)21)11(18)10(14)12(27-13)16-6-4-9(17)15-8(16)2/h4,6,10-12,18H,2-3,5,7H2,1H3,(H2,15,16)(H,22,23)(H,24,25)(H2,19,20,21);4,6,10-12,18H,2-3,5,7H2,1H3,(H,15,17)(H,22,23)(H,24,25)(H2,19,20,21)/t2*10-,11+,12-,13-/m11/s1. The van der Waals surface area contributed by atoms with Gasteiger partial charge in [0.15, 0.2) is 12.5 Å². The van der Waals surface area contributed by atoms with Gasteiger partial charge in [0.2, 0.25) is 0 Å². The number of aliphatic imine (C=N–C) groups is 1. The Morgan fingerprint density at radius 1 is 0.719 bits per heavy atom. The summed E-state index contributed by atoms with van der Waals surface area (Å²) >= 11 is 12.6. The van der Waals surface area contributed by atoms with Crippen molar-refractivity contribution < 1.29 is 117 Å². The van der Waals surface area contributed by atoms with Crippen LogP contribution in [0.3, 0.4) is 0 Å². The minimum Gasteiger partial charge on any atom is -0.388 e. The van der Waals surface area contributed by atoms with Gasteiger partial charge in [0, 0.05) is 18.5 Å². The number of rotatable bonds is 20. The summed E-state index contributed by atoms with van der Waals surface area (Å²) in [6.07, 6.45) is 1.05. The van der Waals surface area contributed by atoms with E-state index in [1.165, 1.54) is 28.3 Å². The van der Waals surface area contributed by atoms with E-state index < -0.39 is 113 Å². The highest BCUT2D eigenvalue weighted by Gasteiger charge is 2.58. The van der Waals surface area contributed by atoms with Crippen molar-refractivity contribution in [3.63, 3.8) is 0 Å². The molecule has 4 rings (SSSR count). The first-order valence-corrected chi connectivity index (χ1v) is 27.5. The van der Waals surface area contributed by atoms with E-state index in [1.807, 2.05) is 0 Å². The summed E-state index contributed by atoms with van der Waals surface area (Å²) in [6.45, 7) is 9.02. The fourth-order valence-corrected chi connectivity index (χ4v) is 13.1. The zero-order valence-corrected chi connectivity index (χ0v) is 39.8. The van der Waals surface area contributed by atoms with Crippen LogP contribution in [0.4, 0.5) is 0 Å². The summed E-state index contributed by atoms with van der Waals surface area (Å²) in [5.74, 6) is -0.0552. The van der Waals surface area contributed by atoms with Crippen LogP contribution in [0.15, 0.2) is 54.3 Å². The van der Waals surface area contributed by atoms with Crippen molar-refractivity contribution in [1.29, 1.82) is 0 Å². The zero-order chi connectivity index (χ0) is 49.1. The predicted octanol–water partition coefficient (Wildman–Crippen LogP) is 1.46. The third kappa shape index (κ3) is 15.9. The van der Waals surface area contributed by atoms with E-state index in [2.05, 4.69) is 45.2 Å². The molecule has 4 aliphatic heterocycles. The largest absolute Gasteiger partial charge is 0.490 e. The number of phosphoric acid groups is 6. The summed E-state index contributed by atoms with van der Waals surface area (Å²) in [6, 6.07) is 0. The van der Waals surface area contributed by atoms with E-state index >= 15 is 0 Å². The number of nitrogens with zero attached hydrogens (tertiary/aromatic N) is 3. The molecule has 2 fully saturated rings. The van der Waals surface area contributed by atoms with Crippen molar-refractivity contribution in [2.75, 3.05) is 13.2 Å². The van der Waals surface area contributed by atoms with E-state index in [0.717, 1.165) is 6.08 Å². The maximum atomic E-state index is 12.1. The number of amides is 1. The summed E-state index contributed by atoms with van der Waals surface area (Å²) in [7, 11) is -33.4. The molecule has 38 heteroatoms. The van der Waals surface area contributed by atoms with Gasteiger partial charge in [-0.2, -0.15) is 17.2 Å². The number of phosphoric ester groups is 2. The highest BCUT2D eigenvalue weighted by atomic mass is 35.5. The van der Waals surface area contributed by atoms with E-state index in [-0.39, 0.29) is 30.3 Å². The smallest absolute Gasteiger partial charge is 0.388 e. The lowest BCUT2D eigenvalue weighted by Crippen LogP contribution is -2.45. The molecule has 368 valence electrons. The van der Waals surface area contributed by atoms with Gasteiger partial charge in [-0.1, -0.05) is 39.8 Å². The lowest BCUT2D eigenvalue weighted by atomic mass is 9.92. The van der Waals surface area contributed by atoms with Crippen LogP contribution in [0.1, 0.15) is 39.5 Å². The highest BCUT2D eigenvalue weighted by molar-refractivity contribution is 7.67. The van der Waals surface area contributed by atoms with Crippen LogP contribution in [0.2, 0.25) is 0 Å². The van der Waals surface area contributed by atoms with Crippen molar-refractivity contribution in [3.8, 4) is 0 Å². The highest BCUT2D eigenvalue weighted by Crippen LogP contribution is 2.68. The molecule has 0 bridgehead atoms. The van der Waals surface area contributed by atoms with E-state index in [0.29, 0.717) is 12.8 Å². The van der Waals surface area contributed by atoms with Crippen molar-refractivity contribution in [2.24, 2.45) is 10.7 Å². The maximum Gasteiger partial charge on any atom is 0.490 e. The Hall–Kier alpha value is -1.26. The fraction of sp³-hybridized carbons (Fsp3) is 0.615. The first-order valence-electron chi connectivity index (χ1n) is 17.5. The number of aliphatic hydroxyl groups excluding tert-OH is 2. The summed E-state index contributed by atoms with van der Waals surface area (Å²) in [4.78, 5) is 90.3. The lowest BCUT2D eigenvalue weighted by molar-refractivity contribution is -0.138. The maximum absolute atomic E-state index is 12.1. The molecule has 4 heterocycles. The Morgan fingerprint density at radius 3 is 1.47 bits per heavy atom. The topological polar surface area (TPSA) is 453 Å². The molecule has 0 aliphatic carbocycles. The number of nitrogens with one attached hydrogen (secondary N) is 1. The Balaban J connectivity index is 0.000000340. The Labute approximate surface area is 372 Å². The molecule has 0 radical (unpaired) electrons. The minimum atomic E-state index is -5.71. The Morgan fingerprint density at radius 2 is 1.11 bits per heavy atom. The van der Waals surface area contributed by atoms with Gasteiger partial charge in [-0.25, -0.2) is 32.4 Å². The van der Waals surface area contributed by atoms with Crippen LogP contribution in [-0.4, -0.2) is 131 Å². The number of aliphatic hydroxyl groups is 2. The number of nitrogens with two attached hydrogens (primary N) is 1. The first-order chi connectivity index (χ1) is 29.0. The number of ether oxygens (including phenoxy) is 2. The van der Waals surface area contributed by atoms with Gasteiger partial charge in [0.25, 0.3) is 5.91 Å². The molecule has 0 saturated carbocycles. The fourth-order valence-electron chi connectivity index (χ4n) is 6.14. The van der Waals surface area contributed by atoms with Gasteiger partial charge in [-0.3, -0.25) is 13.8 Å².